The van der Waals surface area contributed by atoms with E-state index in [1.165, 1.54) is 0 Å². The van der Waals surface area contributed by atoms with Gasteiger partial charge in [-0.3, -0.25) is 9.36 Å². The second kappa shape index (κ2) is 8.93. The first-order chi connectivity index (χ1) is 15.7. The normalized spacial score (nSPS) is 14.0. The molecule has 5 rings (SSSR count). The maximum atomic E-state index is 12.7. The van der Waals surface area contributed by atoms with Crippen molar-refractivity contribution in [2.24, 2.45) is 0 Å². The van der Waals surface area contributed by atoms with Crippen LogP contribution in [0.5, 0.6) is 5.75 Å². The molecule has 4 aromatic rings. The summed E-state index contributed by atoms with van der Waals surface area (Å²) in [6.07, 6.45) is 3.71. The van der Waals surface area contributed by atoms with Gasteiger partial charge in [0, 0.05) is 49.3 Å². The molecule has 1 amide bonds. The summed E-state index contributed by atoms with van der Waals surface area (Å²) in [6, 6.07) is 21.7. The number of rotatable bonds is 5. The Labute approximate surface area is 191 Å². The first-order valence-electron chi connectivity index (χ1n) is 10.6. The van der Waals surface area contributed by atoms with Crippen molar-refractivity contribution in [1.29, 1.82) is 0 Å². The molecular formula is C25H23ClN4O2. The number of aromatic nitrogens is 2. The van der Waals surface area contributed by atoms with Crippen molar-refractivity contribution in [2.45, 2.75) is 0 Å². The van der Waals surface area contributed by atoms with Crippen LogP contribution in [0, 0.1) is 0 Å². The number of amides is 1. The van der Waals surface area contributed by atoms with Gasteiger partial charge in [0.25, 0.3) is 5.91 Å². The number of piperazine rings is 1. The summed E-state index contributed by atoms with van der Waals surface area (Å²) in [6.45, 7) is 2.71. The van der Waals surface area contributed by atoms with Crippen LogP contribution in [0.3, 0.4) is 0 Å². The van der Waals surface area contributed by atoms with Crippen LogP contribution in [0.15, 0.2) is 79.1 Å². The minimum Gasteiger partial charge on any atom is -0.484 e. The summed E-state index contributed by atoms with van der Waals surface area (Å²) < 4.78 is 7.80. The lowest BCUT2D eigenvalue weighted by Gasteiger charge is -2.35. The number of ether oxygens (including phenoxy) is 1. The minimum atomic E-state index is -0.00371. The van der Waals surface area contributed by atoms with Gasteiger partial charge in [0.05, 0.1) is 0 Å². The van der Waals surface area contributed by atoms with E-state index in [1.807, 2.05) is 76.3 Å². The van der Waals surface area contributed by atoms with Crippen LogP contribution in [-0.4, -0.2) is 53.1 Å². The molecule has 0 saturated carbocycles. The molecule has 0 N–H and O–H groups in total. The molecule has 2 heterocycles. The van der Waals surface area contributed by atoms with E-state index >= 15 is 0 Å². The van der Waals surface area contributed by atoms with Gasteiger partial charge in [-0.1, -0.05) is 48.0 Å². The average Bonchev–Trinajstić information content (AvgIpc) is 3.32. The predicted octanol–water partition coefficient (Wildman–Crippen LogP) is 4.41. The molecule has 32 heavy (non-hydrogen) atoms. The van der Waals surface area contributed by atoms with Crippen molar-refractivity contribution >= 4 is 34.2 Å². The van der Waals surface area contributed by atoms with Crippen LogP contribution in [-0.2, 0) is 4.79 Å². The smallest absolute Gasteiger partial charge is 0.260 e. The quantitative estimate of drug-likeness (QED) is 0.455. The molecule has 7 heteroatoms. The molecule has 3 aromatic carbocycles. The van der Waals surface area contributed by atoms with Crippen LogP contribution < -0.4 is 9.64 Å². The Morgan fingerprint density at radius 1 is 0.938 bits per heavy atom. The Balaban J connectivity index is 1.19. The zero-order valence-corrected chi connectivity index (χ0v) is 18.3. The highest BCUT2D eigenvalue weighted by molar-refractivity contribution is 6.30. The number of carbonyl (C=O) groups excluding carboxylic acids is 1. The lowest BCUT2D eigenvalue weighted by atomic mass is 10.1. The van der Waals surface area contributed by atoms with Crippen molar-refractivity contribution in [3.8, 4) is 11.4 Å². The van der Waals surface area contributed by atoms with Gasteiger partial charge in [0.1, 0.15) is 5.75 Å². The molecule has 1 fully saturated rings. The second-order valence-electron chi connectivity index (χ2n) is 7.74. The maximum absolute atomic E-state index is 12.7. The summed E-state index contributed by atoms with van der Waals surface area (Å²) >= 11 is 6.15. The van der Waals surface area contributed by atoms with E-state index in [0.29, 0.717) is 37.0 Å². The number of halogens is 1. The fourth-order valence-electron chi connectivity index (χ4n) is 4.01. The molecule has 1 aliphatic rings. The van der Waals surface area contributed by atoms with Gasteiger partial charge >= 0.3 is 0 Å². The summed E-state index contributed by atoms with van der Waals surface area (Å²) in [7, 11) is 0. The first-order valence-corrected chi connectivity index (χ1v) is 11.0. The highest BCUT2D eigenvalue weighted by Crippen LogP contribution is 2.23. The topological polar surface area (TPSA) is 50.6 Å². The minimum absolute atomic E-state index is 0.00371. The number of hydrogen-bond donors (Lipinski definition) is 0. The molecule has 0 bridgehead atoms. The van der Waals surface area contributed by atoms with Crippen LogP contribution in [0.1, 0.15) is 0 Å². The molecule has 1 aliphatic heterocycles. The fourth-order valence-corrected chi connectivity index (χ4v) is 4.19. The molecule has 162 valence electrons. The molecular weight excluding hydrogens is 424 g/mol. The summed E-state index contributed by atoms with van der Waals surface area (Å²) in [5.74, 6) is 1.56. The van der Waals surface area contributed by atoms with Crippen molar-refractivity contribution in [3.05, 3.63) is 84.1 Å². The number of anilines is 1. The van der Waals surface area contributed by atoms with Gasteiger partial charge in [-0.2, -0.15) is 0 Å². The first kappa shape index (κ1) is 20.4. The highest BCUT2D eigenvalue weighted by Gasteiger charge is 2.24. The highest BCUT2D eigenvalue weighted by atomic mass is 35.5. The van der Waals surface area contributed by atoms with Gasteiger partial charge in [-0.05, 0) is 41.1 Å². The Hall–Kier alpha value is -3.51. The van der Waals surface area contributed by atoms with Crippen molar-refractivity contribution < 1.29 is 9.53 Å². The van der Waals surface area contributed by atoms with Gasteiger partial charge < -0.3 is 14.5 Å². The maximum Gasteiger partial charge on any atom is 0.260 e. The Kier molecular flexibility index (Phi) is 5.69. The molecule has 1 saturated heterocycles. The van der Waals surface area contributed by atoms with E-state index in [4.69, 9.17) is 16.3 Å². The van der Waals surface area contributed by atoms with Crippen LogP contribution >= 0.6 is 11.6 Å². The van der Waals surface area contributed by atoms with E-state index in [2.05, 4.69) is 16.0 Å². The Morgan fingerprint density at radius 2 is 1.75 bits per heavy atom. The number of hydrogen-bond acceptors (Lipinski definition) is 4. The van der Waals surface area contributed by atoms with E-state index in [-0.39, 0.29) is 12.5 Å². The van der Waals surface area contributed by atoms with Gasteiger partial charge in [0.15, 0.2) is 6.61 Å². The number of benzene rings is 3. The average molecular weight is 447 g/mol. The van der Waals surface area contributed by atoms with Crippen molar-refractivity contribution in [3.63, 3.8) is 0 Å². The zero-order valence-electron chi connectivity index (χ0n) is 17.5. The summed E-state index contributed by atoms with van der Waals surface area (Å²) in [4.78, 5) is 21.3. The van der Waals surface area contributed by atoms with Crippen molar-refractivity contribution in [2.75, 3.05) is 37.7 Å². The van der Waals surface area contributed by atoms with Crippen LogP contribution in [0.2, 0.25) is 5.02 Å². The van der Waals surface area contributed by atoms with E-state index in [9.17, 15) is 4.79 Å². The van der Waals surface area contributed by atoms with Crippen molar-refractivity contribution in [1.82, 2.24) is 14.5 Å². The van der Waals surface area contributed by atoms with Crippen LogP contribution in [0.4, 0.5) is 5.95 Å². The molecule has 0 radical (unpaired) electrons. The zero-order chi connectivity index (χ0) is 21.9. The molecule has 0 atom stereocenters. The largest absolute Gasteiger partial charge is 0.484 e. The number of imidazole rings is 1. The molecule has 0 unspecified atom stereocenters. The Bertz CT molecular complexity index is 1250. The lowest BCUT2D eigenvalue weighted by Crippen LogP contribution is -2.50. The number of fused-ring (bicyclic) bond motifs is 1. The van der Waals surface area contributed by atoms with E-state index in [0.717, 1.165) is 22.4 Å². The monoisotopic (exact) mass is 446 g/mol. The van der Waals surface area contributed by atoms with Crippen LogP contribution in [0.25, 0.3) is 16.5 Å². The fraction of sp³-hybridized carbons (Fsp3) is 0.200. The predicted molar refractivity (Wildman–Crippen MR) is 127 cm³/mol. The Morgan fingerprint density at radius 3 is 2.56 bits per heavy atom. The third-order valence-corrected chi connectivity index (χ3v) is 5.94. The summed E-state index contributed by atoms with van der Waals surface area (Å²) in [5, 5.41) is 2.93. The SMILES string of the molecule is O=C(COc1ccc2ccccc2c1)N1CCN(c2nccn2-c2cccc(Cl)c2)CC1. The third kappa shape index (κ3) is 4.27. The van der Waals surface area contributed by atoms with E-state index in [1.54, 1.807) is 6.20 Å². The molecule has 0 aliphatic carbocycles. The molecule has 6 nitrogen and oxygen atoms in total. The van der Waals surface area contributed by atoms with Gasteiger partial charge in [-0.15, -0.1) is 0 Å². The second-order valence-corrected chi connectivity index (χ2v) is 8.18. The number of nitrogens with zero attached hydrogens (tertiary/aromatic N) is 4. The van der Waals surface area contributed by atoms with E-state index < -0.39 is 0 Å². The van der Waals surface area contributed by atoms with Gasteiger partial charge in [-0.25, -0.2) is 4.98 Å². The lowest BCUT2D eigenvalue weighted by molar-refractivity contribution is -0.133. The molecule has 1 aromatic heterocycles. The summed E-state index contributed by atoms with van der Waals surface area (Å²) in [5.41, 5.74) is 0.965. The standard InChI is InChI=1S/C25H23ClN4O2/c26-21-6-3-7-22(17-21)30-11-10-27-25(30)29-14-12-28(13-15-29)24(31)18-32-23-9-8-19-4-1-2-5-20(19)16-23/h1-11,16-17H,12-15,18H2. The number of carbonyl (C=O) groups is 1. The third-order valence-electron chi connectivity index (χ3n) is 5.71. The van der Waals surface area contributed by atoms with Gasteiger partial charge in [0.2, 0.25) is 5.95 Å². The molecule has 0 spiro atoms.